The first-order valence-electron chi connectivity index (χ1n) is 5.52. The Balaban J connectivity index is 1.85. The van der Waals surface area contributed by atoms with Crippen molar-refractivity contribution in [1.29, 1.82) is 0 Å². The van der Waals surface area contributed by atoms with Crippen molar-refractivity contribution in [3.8, 4) is 5.75 Å². The van der Waals surface area contributed by atoms with Gasteiger partial charge in [-0.1, -0.05) is 11.6 Å². The van der Waals surface area contributed by atoms with Gasteiger partial charge in [0.1, 0.15) is 12.4 Å². The third-order valence-electron chi connectivity index (χ3n) is 2.49. The van der Waals surface area contributed by atoms with Gasteiger partial charge in [-0.05, 0) is 31.2 Å². The molecule has 2 N–H and O–H groups in total. The number of benzene rings is 1. The summed E-state index contributed by atoms with van der Waals surface area (Å²) < 4.78 is 10.8. The number of ether oxygens (including phenoxy) is 2. The lowest BCUT2D eigenvalue weighted by Gasteiger charge is -2.16. The standard InChI is InChI=1S/C12H15ClN2O2/c1-8(6-10-7-16-12(14)15-10)17-11-4-2-9(13)3-5-11/h2-5,8,10H,6-7H2,1H3,(H2,14,15)/t8?,10-/m0/s1. The number of nitrogens with two attached hydrogens (primary N) is 1. The van der Waals surface area contributed by atoms with Crippen LogP contribution < -0.4 is 10.5 Å². The number of hydrogen-bond acceptors (Lipinski definition) is 4. The molecule has 0 spiro atoms. The Morgan fingerprint density at radius 2 is 2.24 bits per heavy atom. The van der Waals surface area contributed by atoms with Crippen molar-refractivity contribution in [2.45, 2.75) is 25.5 Å². The Hall–Kier alpha value is -1.42. The van der Waals surface area contributed by atoms with Crippen LogP contribution in [-0.4, -0.2) is 24.8 Å². The van der Waals surface area contributed by atoms with Crippen LogP contribution in [0.15, 0.2) is 29.3 Å². The van der Waals surface area contributed by atoms with Gasteiger partial charge < -0.3 is 15.2 Å². The molecule has 0 aliphatic carbocycles. The molecule has 0 saturated carbocycles. The number of hydrogen-bond donors (Lipinski definition) is 1. The Labute approximate surface area is 105 Å². The molecule has 0 saturated heterocycles. The van der Waals surface area contributed by atoms with Crippen LogP contribution in [0.1, 0.15) is 13.3 Å². The minimum absolute atomic E-state index is 0.0550. The summed E-state index contributed by atoms with van der Waals surface area (Å²) in [6.07, 6.45) is 0.836. The Morgan fingerprint density at radius 3 is 2.82 bits per heavy atom. The third-order valence-corrected chi connectivity index (χ3v) is 2.74. The van der Waals surface area contributed by atoms with Gasteiger partial charge in [0.2, 0.25) is 0 Å². The Bertz CT molecular complexity index is 405. The fourth-order valence-corrected chi connectivity index (χ4v) is 1.86. The summed E-state index contributed by atoms with van der Waals surface area (Å²) in [5, 5.41) is 0.701. The van der Waals surface area contributed by atoms with E-state index in [0.717, 1.165) is 12.2 Å². The van der Waals surface area contributed by atoms with Crippen molar-refractivity contribution < 1.29 is 9.47 Å². The summed E-state index contributed by atoms with van der Waals surface area (Å²) in [5.74, 6) is 0.803. The quantitative estimate of drug-likeness (QED) is 0.896. The van der Waals surface area contributed by atoms with Gasteiger partial charge in [-0.15, -0.1) is 0 Å². The first kappa shape index (κ1) is 12.0. The fourth-order valence-electron chi connectivity index (χ4n) is 1.73. The zero-order valence-corrected chi connectivity index (χ0v) is 10.4. The smallest absolute Gasteiger partial charge is 0.282 e. The van der Waals surface area contributed by atoms with E-state index in [1.807, 2.05) is 19.1 Å². The van der Waals surface area contributed by atoms with Gasteiger partial charge in [0, 0.05) is 11.4 Å². The fraction of sp³-hybridized carbons (Fsp3) is 0.417. The van der Waals surface area contributed by atoms with E-state index < -0.39 is 0 Å². The Kier molecular flexibility index (Phi) is 3.74. The molecule has 0 radical (unpaired) electrons. The maximum atomic E-state index is 5.80. The number of amidine groups is 1. The molecule has 2 atom stereocenters. The van der Waals surface area contributed by atoms with Gasteiger partial charge >= 0.3 is 0 Å². The van der Waals surface area contributed by atoms with Gasteiger partial charge in [0.15, 0.2) is 0 Å². The molecule has 1 aromatic rings. The lowest BCUT2D eigenvalue weighted by Crippen LogP contribution is -2.20. The molecule has 92 valence electrons. The summed E-state index contributed by atoms with van der Waals surface area (Å²) in [5.41, 5.74) is 5.44. The summed E-state index contributed by atoms with van der Waals surface area (Å²) in [7, 11) is 0. The molecule has 1 unspecified atom stereocenters. The molecule has 1 aliphatic rings. The number of rotatable bonds is 4. The van der Waals surface area contributed by atoms with Crippen LogP contribution >= 0.6 is 11.6 Å². The highest BCUT2D eigenvalue weighted by Gasteiger charge is 2.20. The largest absolute Gasteiger partial charge is 0.491 e. The lowest BCUT2D eigenvalue weighted by atomic mass is 10.1. The SMILES string of the molecule is CC(C[C@H]1COC(N)=N1)Oc1ccc(Cl)cc1. The van der Waals surface area contributed by atoms with Crippen molar-refractivity contribution >= 4 is 17.6 Å². The van der Waals surface area contributed by atoms with E-state index in [1.165, 1.54) is 0 Å². The summed E-state index contributed by atoms with van der Waals surface area (Å²) in [6.45, 7) is 2.54. The Morgan fingerprint density at radius 1 is 1.53 bits per heavy atom. The molecule has 1 aliphatic heterocycles. The van der Waals surface area contributed by atoms with Crippen LogP contribution in [0.3, 0.4) is 0 Å². The third kappa shape index (κ3) is 3.53. The molecule has 1 aromatic carbocycles. The van der Waals surface area contributed by atoms with Crippen molar-refractivity contribution in [3.63, 3.8) is 0 Å². The van der Waals surface area contributed by atoms with Gasteiger partial charge in [0.05, 0.1) is 12.1 Å². The van der Waals surface area contributed by atoms with Crippen molar-refractivity contribution in [3.05, 3.63) is 29.3 Å². The highest BCUT2D eigenvalue weighted by molar-refractivity contribution is 6.30. The predicted molar refractivity (Wildman–Crippen MR) is 67.5 cm³/mol. The maximum absolute atomic E-state index is 5.80. The van der Waals surface area contributed by atoms with Crippen molar-refractivity contribution in [2.75, 3.05) is 6.61 Å². The highest BCUT2D eigenvalue weighted by Crippen LogP contribution is 2.19. The second-order valence-electron chi connectivity index (χ2n) is 4.05. The normalized spacial score (nSPS) is 20.6. The van der Waals surface area contributed by atoms with Crippen molar-refractivity contribution in [1.82, 2.24) is 0 Å². The summed E-state index contributed by atoms with van der Waals surface area (Å²) in [4.78, 5) is 4.16. The molecule has 17 heavy (non-hydrogen) atoms. The van der Waals surface area contributed by atoms with Crippen LogP contribution in [0.4, 0.5) is 0 Å². The van der Waals surface area contributed by atoms with Gasteiger partial charge in [-0.2, -0.15) is 0 Å². The topological polar surface area (TPSA) is 56.8 Å². The second kappa shape index (κ2) is 5.27. The van der Waals surface area contributed by atoms with Crippen LogP contribution in [0.2, 0.25) is 5.02 Å². The average Bonchev–Trinajstić information content (AvgIpc) is 2.67. The minimum Gasteiger partial charge on any atom is -0.491 e. The van der Waals surface area contributed by atoms with E-state index in [9.17, 15) is 0 Å². The average molecular weight is 255 g/mol. The van der Waals surface area contributed by atoms with Crippen LogP contribution in [0.25, 0.3) is 0 Å². The molecule has 0 bridgehead atoms. The monoisotopic (exact) mass is 254 g/mol. The zero-order chi connectivity index (χ0) is 12.3. The molecule has 0 fully saturated rings. The number of halogens is 1. The number of nitrogens with zero attached hydrogens (tertiary/aromatic N) is 1. The molecule has 4 nitrogen and oxygen atoms in total. The summed E-state index contributed by atoms with van der Waals surface area (Å²) >= 11 is 5.80. The van der Waals surface area contributed by atoms with Gasteiger partial charge in [-0.25, -0.2) is 4.99 Å². The van der Waals surface area contributed by atoms with E-state index in [0.29, 0.717) is 11.6 Å². The molecule has 2 rings (SSSR count). The van der Waals surface area contributed by atoms with E-state index >= 15 is 0 Å². The van der Waals surface area contributed by atoms with Gasteiger partial charge in [-0.3, -0.25) is 0 Å². The van der Waals surface area contributed by atoms with Crippen LogP contribution in [0.5, 0.6) is 5.75 Å². The molecule has 1 heterocycles. The lowest BCUT2D eigenvalue weighted by molar-refractivity contribution is 0.189. The van der Waals surface area contributed by atoms with Gasteiger partial charge in [0.25, 0.3) is 6.02 Å². The van der Waals surface area contributed by atoms with Crippen molar-refractivity contribution in [2.24, 2.45) is 10.7 Å². The predicted octanol–water partition coefficient (Wildman–Crippen LogP) is 2.21. The molecule has 5 heteroatoms. The van der Waals surface area contributed by atoms with E-state index in [2.05, 4.69) is 4.99 Å². The minimum atomic E-state index is 0.0550. The van der Waals surface area contributed by atoms with E-state index in [4.69, 9.17) is 26.8 Å². The first-order valence-corrected chi connectivity index (χ1v) is 5.89. The summed E-state index contributed by atoms with van der Waals surface area (Å²) in [6, 6.07) is 7.67. The molecule has 0 amide bonds. The van der Waals surface area contributed by atoms with Crippen LogP contribution in [0, 0.1) is 0 Å². The zero-order valence-electron chi connectivity index (χ0n) is 9.60. The first-order chi connectivity index (χ1) is 8.13. The van der Waals surface area contributed by atoms with E-state index in [-0.39, 0.29) is 18.2 Å². The van der Waals surface area contributed by atoms with Crippen LogP contribution in [-0.2, 0) is 4.74 Å². The molecular weight excluding hydrogens is 240 g/mol. The number of aliphatic imine (C=N–C) groups is 1. The molecule has 0 aromatic heterocycles. The van der Waals surface area contributed by atoms with E-state index in [1.54, 1.807) is 12.1 Å². The molecular formula is C12H15ClN2O2. The second-order valence-corrected chi connectivity index (χ2v) is 4.49. The highest BCUT2D eigenvalue weighted by atomic mass is 35.5. The maximum Gasteiger partial charge on any atom is 0.282 e.